The molecule has 1 heterocycles. The number of nitrogens with one attached hydrogen (secondary N) is 1. The highest BCUT2D eigenvalue weighted by Gasteiger charge is 2.12. The Morgan fingerprint density at radius 3 is 2.67 bits per heavy atom. The molecule has 3 heteroatoms. The third kappa shape index (κ3) is 1.87. The summed E-state index contributed by atoms with van der Waals surface area (Å²) in [5, 5.41) is 0. The van der Waals surface area contributed by atoms with Crippen LogP contribution in [-0.4, -0.2) is 17.1 Å². The zero-order chi connectivity index (χ0) is 9.14. The maximum absolute atomic E-state index is 11.3. The number of aromatic nitrogens is 1. The first-order valence-corrected chi connectivity index (χ1v) is 3.96. The quantitative estimate of drug-likeness (QED) is 0.683. The van der Waals surface area contributed by atoms with Crippen LogP contribution in [0, 0.1) is 6.92 Å². The van der Waals surface area contributed by atoms with Crippen molar-refractivity contribution in [2.75, 3.05) is 0 Å². The number of H-pyrrole nitrogens is 1. The summed E-state index contributed by atoms with van der Waals surface area (Å²) in [6.45, 7) is 5.53. The van der Waals surface area contributed by atoms with Crippen LogP contribution in [0.4, 0.5) is 0 Å². The Morgan fingerprint density at radius 1 is 1.58 bits per heavy atom. The predicted octanol–water partition coefficient (Wildman–Crippen LogP) is 1.89. The highest BCUT2D eigenvalue weighted by molar-refractivity contribution is 5.89. The molecule has 0 radical (unpaired) electrons. The van der Waals surface area contributed by atoms with Crippen LogP contribution in [0.5, 0.6) is 0 Å². The Hall–Kier alpha value is -1.25. The van der Waals surface area contributed by atoms with Crippen molar-refractivity contribution in [3.05, 3.63) is 23.5 Å². The van der Waals surface area contributed by atoms with Crippen LogP contribution in [0.2, 0.25) is 0 Å². The van der Waals surface area contributed by atoms with Crippen molar-refractivity contribution in [3.8, 4) is 0 Å². The van der Waals surface area contributed by atoms with Gasteiger partial charge in [0.05, 0.1) is 6.10 Å². The molecule has 0 spiro atoms. The summed E-state index contributed by atoms with van der Waals surface area (Å²) in [6.07, 6.45) is 1.66. The zero-order valence-corrected chi connectivity index (χ0v) is 7.55. The van der Waals surface area contributed by atoms with Crippen LogP contribution in [-0.2, 0) is 4.74 Å². The Balaban J connectivity index is 2.72. The van der Waals surface area contributed by atoms with Gasteiger partial charge in [0.25, 0.3) is 0 Å². The number of carbonyl (C=O) groups excluding carboxylic acids is 1. The number of ether oxygens (including phenoxy) is 1. The fourth-order valence-corrected chi connectivity index (χ4v) is 0.940. The van der Waals surface area contributed by atoms with Gasteiger partial charge in [-0.2, -0.15) is 0 Å². The normalized spacial score (nSPS) is 10.3. The maximum atomic E-state index is 11.3. The van der Waals surface area contributed by atoms with Crippen molar-refractivity contribution in [1.29, 1.82) is 0 Å². The van der Waals surface area contributed by atoms with E-state index in [1.807, 2.05) is 26.8 Å². The average Bonchev–Trinajstić information content (AvgIpc) is 2.33. The van der Waals surface area contributed by atoms with Crippen molar-refractivity contribution < 1.29 is 9.53 Å². The van der Waals surface area contributed by atoms with Crippen molar-refractivity contribution >= 4 is 5.97 Å². The summed E-state index contributed by atoms with van der Waals surface area (Å²) in [4.78, 5) is 14.1. The van der Waals surface area contributed by atoms with E-state index in [0.29, 0.717) is 5.69 Å². The number of hydrogen-bond donors (Lipinski definition) is 1. The summed E-state index contributed by atoms with van der Waals surface area (Å²) in [5.74, 6) is -0.285. The molecule has 0 aromatic carbocycles. The molecule has 0 fully saturated rings. The monoisotopic (exact) mass is 167 g/mol. The molecule has 0 aliphatic heterocycles. The van der Waals surface area contributed by atoms with Gasteiger partial charge in [-0.3, -0.25) is 0 Å². The molecule has 3 nitrogen and oxygen atoms in total. The Bertz CT molecular complexity index is 276. The summed E-state index contributed by atoms with van der Waals surface area (Å²) < 4.78 is 5.01. The van der Waals surface area contributed by atoms with Gasteiger partial charge in [-0.15, -0.1) is 0 Å². The summed E-state index contributed by atoms with van der Waals surface area (Å²) in [7, 11) is 0. The molecule has 1 aromatic heterocycles. The highest BCUT2D eigenvalue weighted by Crippen LogP contribution is 2.07. The molecule has 1 aromatic rings. The lowest BCUT2D eigenvalue weighted by Gasteiger charge is -2.06. The number of carbonyl (C=O) groups is 1. The van der Waals surface area contributed by atoms with Gasteiger partial charge in [0.1, 0.15) is 5.69 Å². The van der Waals surface area contributed by atoms with Crippen molar-refractivity contribution in [2.24, 2.45) is 0 Å². The lowest BCUT2D eigenvalue weighted by Crippen LogP contribution is -2.12. The van der Waals surface area contributed by atoms with Crippen LogP contribution < -0.4 is 0 Å². The second-order valence-electron chi connectivity index (χ2n) is 2.99. The highest BCUT2D eigenvalue weighted by atomic mass is 16.5. The second kappa shape index (κ2) is 3.43. The molecule has 0 aliphatic carbocycles. The SMILES string of the molecule is Cc1cc[nH]c1C(=O)OC(C)C. The summed E-state index contributed by atoms with van der Waals surface area (Å²) in [5.41, 5.74) is 1.46. The molecule has 0 aliphatic rings. The topological polar surface area (TPSA) is 42.1 Å². The first kappa shape index (κ1) is 8.84. The molecule has 12 heavy (non-hydrogen) atoms. The third-order valence-corrected chi connectivity index (χ3v) is 1.50. The van der Waals surface area contributed by atoms with E-state index in [-0.39, 0.29) is 12.1 Å². The van der Waals surface area contributed by atoms with E-state index in [0.717, 1.165) is 5.56 Å². The van der Waals surface area contributed by atoms with Crippen LogP contribution in [0.3, 0.4) is 0 Å². The van der Waals surface area contributed by atoms with E-state index >= 15 is 0 Å². The van der Waals surface area contributed by atoms with Gasteiger partial charge in [0.2, 0.25) is 0 Å². The van der Waals surface area contributed by atoms with Crippen LogP contribution in [0.25, 0.3) is 0 Å². The summed E-state index contributed by atoms with van der Waals surface area (Å²) in [6, 6.07) is 1.84. The lowest BCUT2D eigenvalue weighted by molar-refractivity contribution is 0.0371. The molecule has 1 N–H and O–H groups in total. The van der Waals surface area contributed by atoms with E-state index in [2.05, 4.69) is 4.98 Å². The van der Waals surface area contributed by atoms with E-state index in [4.69, 9.17) is 4.74 Å². The molecule has 0 atom stereocenters. The van der Waals surface area contributed by atoms with Gasteiger partial charge < -0.3 is 9.72 Å². The van der Waals surface area contributed by atoms with E-state index < -0.39 is 0 Å². The molecule has 0 saturated carbocycles. The number of rotatable bonds is 2. The Morgan fingerprint density at radius 2 is 2.25 bits per heavy atom. The van der Waals surface area contributed by atoms with Gasteiger partial charge >= 0.3 is 5.97 Å². The minimum atomic E-state index is -0.285. The van der Waals surface area contributed by atoms with Crippen LogP contribution in [0.1, 0.15) is 29.9 Å². The zero-order valence-electron chi connectivity index (χ0n) is 7.55. The Labute approximate surface area is 71.7 Å². The van der Waals surface area contributed by atoms with E-state index in [9.17, 15) is 4.79 Å². The molecule has 66 valence electrons. The first-order chi connectivity index (χ1) is 5.61. The van der Waals surface area contributed by atoms with E-state index in [1.165, 1.54) is 0 Å². The minimum Gasteiger partial charge on any atom is -0.458 e. The smallest absolute Gasteiger partial charge is 0.355 e. The third-order valence-electron chi connectivity index (χ3n) is 1.50. The Kier molecular flexibility index (Phi) is 2.53. The number of esters is 1. The molecule has 0 amide bonds. The first-order valence-electron chi connectivity index (χ1n) is 3.96. The molecular weight excluding hydrogens is 154 g/mol. The molecule has 1 rings (SSSR count). The molecular formula is C9H13NO2. The van der Waals surface area contributed by atoms with Gasteiger partial charge in [-0.25, -0.2) is 4.79 Å². The van der Waals surface area contributed by atoms with Crippen molar-refractivity contribution in [3.63, 3.8) is 0 Å². The standard InChI is InChI=1S/C9H13NO2/c1-6(2)12-9(11)8-7(3)4-5-10-8/h4-6,10H,1-3H3. The lowest BCUT2D eigenvalue weighted by atomic mass is 10.3. The molecule has 0 saturated heterocycles. The fourth-order valence-electron chi connectivity index (χ4n) is 0.940. The number of aryl methyl sites for hydroxylation is 1. The van der Waals surface area contributed by atoms with Gasteiger partial charge in [0.15, 0.2) is 0 Å². The van der Waals surface area contributed by atoms with Gasteiger partial charge in [-0.1, -0.05) is 0 Å². The molecule has 0 unspecified atom stereocenters. The van der Waals surface area contributed by atoms with Gasteiger partial charge in [-0.05, 0) is 32.4 Å². The maximum Gasteiger partial charge on any atom is 0.355 e. The van der Waals surface area contributed by atoms with Gasteiger partial charge in [0, 0.05) is 6.20 Å². The largest absolute Gasteiger partial charge is 0.458 e. The second-order valence-corrected chi connectivity index (χ2v) is 2.99. The van der Waals surface area contributed by atoms with E-state index in [1.54, 1.807) is 6.20 Å². The van der Waals surface area contributed by atoms with Crippen molar-refractivity contribution in [1.82, 2.24) is 4.98 Å². The predicted molar refractivity (Wildman–Crippen MR) is 46.1 cm³/mol. The minimum absolute atomic E-state index is 0.0693. The number of hydrogen-bond acceptors (Lipinski definition) is 2. The number of aromatic amines is 1. The molecule has 0 bridgehead atoms. The van der Waals surface area contributed by atoms with Crippen LogP contribution >= 0.6 is 0 Å². The summed E-state index contributed by atoms with van der Waals surface area (Å²) >= 11 is 0. The van der Waals surface area contributed by atoms with Crippen LogP contribution in [0.15, 0.2) is 12.3 Å². The average molecular weight is 167 g/mol. The van der Waals surface area contributed by atoms with Crippen molar-refractivity contribution in [2.45, 2.75) is 26.9 Å². The fraction of sp³-hybridized carbons (Fsp3) is 0.444.